The summed E-state index contributed by atoms with van der Waals surface area (Å²) in [5, 5.41) is 0. The van der Waals surface area contributed by atoms with Crippen molar-refractivity contribution in [3.8, 4) is 0 Å². The van der Waals surface area contributed by atoms with Crippen molar-refractivity contribution in [1.82, 2.24) is 4.90 Å². The number of ether oxygens (including phenoxy) is 1. The lowest BCUT2D eigenvalue weighted by Crippen LogP contribution is -2.41. The molecular formula is C10H19NO. The van der Waals surface area contributed by atoms with Crippen molar-refractivity contribution in [2.24, 2.45) is 0 Å². The predicted octanol–water partition coefficient (Wildman–Crippen LogP) is 1.65. The van der Waals surface area contributed by atoms with Gasteiger partial charge in [-0.1, -0.05) is 0 Å². The maximum Gasteiger partial charge on any atom is 0.0618 e. The van der Waals surface area contributed by atoms with Gasteiger partial charge in [0.2, 0.25) is 0 Å². The van der Waals surface area contributed by atoms with Crippen LogP contribution in [0, 0.1) is 0 Å². The van der Waals surface area contributed by atoms with Gasteiger partial charge in [-0.25, -0.2) is 0 Å². The first-order chi connectivity index (χ1) is 5.76. The van der Waals surface area contributed by atoms with E-state index in [-0.39, 0.29) is 0 Å². The molecule has 2 rings (SSSR count). The summed E-state index contributed by atoms with van der Waals surface area (Å²) < 4.78 is 5.24. The summed E-state index contributed by atoms with van der Waals surface area (Å²) in [5.41, 5.74) is 0.531. The summed E-state index contributed by atoms with van der Waals surface area (Å²) in [6, 6.07) is 0.711. The molecule has 0 aliphatic carbocycles. The molecule has 0 N–H and O–H groups in total. The van der Waals surface area contributed by atoms with E-state index in [0.29, 0.717) is 11.6 Å². The van der Waals surface area contributed by atoms with Crippen molar-refractivity contribution in [3.63, 3.8) is 0 Å². The molecule has 2 saturated heterocycles. The Morgan fingerprint density at radius 1 is 1.50 bits per heavy atom. The van der Waals surface area contributed by atoms with E-state index >= 15 is 0 Å². The number of nitrogens with zero attached hydrogens (tertiary/aromatic N) is 1. The van der Waals surface area contributed by atoms with E-state index in [1.807, 2.05) is 7.11 Å². The molecule has 0 spiro atoms. The third-order valence-corrected chi connectivity index (χ3v) is 3.62. The third-order valence-electron chi connectivity index (χ3n) is 3.62. The first kappa shape index (κ1) is 8.52. The van der Waals surface area contributed by atoms with Gasteiger partial charge in [-0.15, -0.1) is 0 Å². The Labute approximate surface area is 74.9 Å². The van der Waals surface area contributed by atoms with Crippen LogP contribution < -0.4 is 0 Å². The molecular weight excluding hydrogens is 150 g/mol. The van der Waals surface area contributed by atoms with Crippen LogP contribution in [0.4, 0.5) is 0 Å². The van der Waals surface area contributed by atoms with Gasteiger partial charge < -0.3 is 4.74 Å². The molecule has 0 aromatic rings. The zero-order chi connectivity index (χ0) is 8.60. The Morgan fingerprint density at radius 3 is 3.08 bits per heavy atom. The summed E-state index contributed by atoms with van der Waals surface area (Å²) in [6.45, 7) is 4.63. The maximum atomic E-state index is 5.24. The third kappa shape index (κ3) is 1.17. The summed E-state index contributed by atoms with van der Waals surface area (Å²) in [5.74, 6) is 0. The van der Waals surface area contributed by atoms with Gasteiger partial charge >= 0.3 is 0 Å². The normalized spacial score (nSPS) is 42.0. The molecule has 0 aromatic carbocycles. The van der Waals surface area contributed by atoms with Gasteiger partial charge in [0.1, 0.15) is 0 Å². The standard InChI is InChI=1S/C10H19NO/c1-10-5-3-7-11(10)9(4-6-10)8-12-2/h9H,3-8H2,1-2H3/t9-,10+/m1/s1. The first-order valence-electron chi connectivity index (χ1n) is 5.02. The Kier molecular flexibility index (Phi) is 2.13. The molecule has 0 amide bonds. The van der Waals surface area contributed by atoms with Gasteiger partial charge in [-0.05, 0) is 39.2 Å². The van der Waals surface area contributed by atoms with Crippen molar-refractivity contribution in [3.05, 3.63) is 0 Å². The molecule has 2 atom stereocenters. The van der Waals surface area contributed by atoms with Crippen LogP contribution in [0.15, 0.2) is 0 Å². The maximum absolute atomic E-state index is 5.24. The van der Waals surface area contributed by atoms with E-state index in [9.17, 15) is 0 Å². The fourth-order valence-electron chi connectivity index (χ4n) is 2.93. The van der Waals surface area contributed by atoms with E-state index in [2.05, 4.69) is 11.8 Å². The van der Waals surface area contributed by atoms with Crippen LogP contribution >= 0.6 is 0 Å². The lowest BCUT2D eigenvalue weighted by molar-refractivity contribution is 0.0884. The smallest absolute Gasteiger partial charge is 0.0618 e. The zero-order valence-electron chi connectivity index (χ0n) is 8.18. The minimum Gasteiger partial charge on any atom is -0.383 e. The fourth-order valence-corrected chi connectivity index (χ4v) is 2.93. The Balaban J connectivity index is 2.03. The van der Waals surface area contributed by atoms with E-state index in [4.69, 9.17) is 4.74 Å². The Hall–Kier alpha value is -0.0800. The Bertz CT molecular complexity index is 171. The molecule has 0 unspecified atom stereocenters. The molecule has 2 nitrogen and oxygen atoms in total. The number of hydrogen-bond acceptors (Lipinski definition) is 2. The quantitative estimate of drug-likeness (QED) is 0.623. The molecule has 2 aliphatic heterocycles. The molecule has 0 saturated carbocycles. The van der Waals surface area contributed by atoms with Crippen LogP contribution in [0.1, 0.15) is 32.6 Å². The summed E-state index contributed by atoms with van der Waals surface area (Å²) in [4.78, 5) is 2.66. The van der Waals surface area contributed by atoms with E-state index in [1.165, 1.54) is 32.2 Å². The second-order valence-electron chi connectivity index (χ2n) is 4.44. The number of fused-ring (bicyclic) bond motifs is 1. The molecule has 2 heteroatoms. The van der Waals surface area contributed by atoms with Crippen LogP contribution in [-0.4, -0.2) is 36.7 Å². The van der Waals surface area contributed by atoms with Crippen LogP contribution in [0.25, 0.3) is 0 Å². The number of rotatable bonds is 2. The summed E-state index contributed by atoms with van der Waals surface area (Å²) >= 11 is 0. The van der Waals surface area contributed by atoms with E-state index in [1.54, 1.807) is 0 Å². The zero-order valence-corrected chi connectivity index (χ0v) is 8.18. The van der Waals surface area contributed by atoms with E-state index in [0.717, 1.165) is 6.61 Å². The van der Waals surface area contributed by atoms with Crippen LogP contribution in [-0.2, 0) is 4.74 Å². The lowest BCUT2D eigenvalue weighted by Gasteiger charge is -2.31. The second kappa shape index (κ2) is 3.00. The highest BCUT2D eigenvalue weighted by molar-refractivity contribution is 5.01. The van der Waals surface area contributed by atoms with Gasteiger partial charge in [0.05, 0.1) is 6.61 Å². The van der Waals surface area contributed by atoms with Gasteiger partial charge in [-0.2, -0.15) is 0 Å². The Morgan fingerprint density at radius 2 is 2.33 bits per heavy atom. The minimum absolute atomic E-state index is 0.531. The molecule has 2 fully saturated rings. The molecule has 70 valence electrons. The summed E-state index contributed by atoms with van der Waals surface area (Å²) in [7, 11) is 1.81. The largest absolute Gasteiger partial charge is 0.383 e. The average Bonchev–Trinajstić information content (AvgIpc) is 2.51. The number of hydrogen-bond donors (Lipinski definition) is 0. The SMILES string of the molecule is COC[C@H]1CC[C@]2(C)CCCN12. The lowest BCUT2D eigenvalue weighted by atomic mass is 9.97. The molecule has 0 aromatic heterocycles. The average molecular weight is 169 g/mol. The molecule has 2 aliphatic rings. The first-order valence-corrected chi connectivity index (χ1v) is 5.02. The van der Waals surface area contributed by atoms with Gasteiger partial charge in [0.25, 0.3) is 0 Å². The van der Waals surface area contributed by atoms with Crippen molar-refractivity contribution >= 4 is 0 Å². The topological polar surface area (TPSA) is 12.5 Å². The van der Waals surface area contributed by atoms with Gasteiger partial charge in [-0.3, -0.25) is 4.90 Å². The summed E-state index contributed by atoms with van der Waals surface area (Å²) in [6.07, 6.45) is 5.50. The van der Waals surface area contributed by atoms with Crippen molar-refractivity contribution in [2.75, 3.05) is 20.3 Å². The van der Waals surface area contributed by atoms with Gasteiger partial charge in [0, 0.05) is 18.7 Å². The van der Waals surface area contributed by atoms with E-state index < -0.39 is 0 Å². The monoisotopic (exact) mass is 169 g/mol. The predicted molar refractivity (Wildman–Crippen MR) is 49.2 cm³/mol. The van der Waals surface area contributed by atoms with Crippen LogP contribution in [0.5, 0.6) is 0 Å². The van der Waals surface area contributed by atoms with Gasteiger partial charge in [0.15, 0.2) is 0 Å². The second-order valence-corrected chi connectivity index (χ2v) is 4.44. The minimum atomic E-state index is 0.531. The highest BCUT2D eigenvalue weighted by Crippen LogP contribution is 2.41. The fraction of sp³-hybridized carbons (Fsp3) is 1.00. The molecule has 0 radical (unpaired) electrons. The highest BCUT2D eigenvalue weighted by atomic mass is 16.5. The highest BCUT2D eigenvalue weighted by Gasteiger charge is 2.45. The van der Waals surface area contributed by atoms with Crippen molar-refractivity contribution < 1.29 is 4.74 Å². The van der Waals surface area contributed by atoms with Crippen molar-refractivity contribution in [2.45, 2.75) is 44.2 Å². The molecule has 12 heavy (non-hydrogen) atoms. The molecule has 0 bridgehead atoms. The number of methoxy groups -OCH3 is 1. The van der Waals surface area contributed by atoms with Crippen LogP contribution in [0.2, 0.25) is 0 Å². The van der Waals surface area contributed by atoms with Crippen LogP contribution in [0.3, 0.4) is 0 Å². The van der Waals surface area contributed by atoms with Crippen molar-refractivity contribution in [1.29, 1.82) is 0 Å². The molecule has 2 heterocycles.